The maximum absolute atomic E-state index is 9.03. The van der Waals surface area contributed by atoms with E-state index in [-0.39, 0.29) is 5.92 Å². The molecule has 0 aliphatic carbocycles. The fourth-order valence-electron chi connectivity index (χ4n) is 1.52. The van der Waals surface area contributed by atoms with Gasteiger partial charge in [-0.2, -0.15) is 10.4 Å². The number of fused-ring (bicyclic) bond motifs is 1. The second kappa shape index (κ2) is 3.99. The van der Waals surface area contributed by atoms with Crippen LogP contribution in [0.1, 0.15) is 17.2 Å². The fraction of sp³-hybridized carbons (Fsp3) is 0.300. The summed E-state index contributed by atoms with van der Waals surface area (Å²) < 4.78 is 1.71. The highest BCUT2D eigenvalue weighted by atomic mass is 79.9. The van der Waals surface area contributed by atoms with E-state index >= 15 is 0 Å². The van der Waals surface area contributed by atoms with E-state index in [1.54, 1.807) is 4.52 Å². The van der Waals surface area contributed by atoms with Gasteiger partial charge in [0, 0.05) is 5.33 Å². The SMILES string of the molecule is Cc1cc(C(C#N)CBr)n2ncnc2c1. The summed E-state index contributed by atoms with van der Waals surface area (Å²) >= 11 is 3.33. The summed E-state index contributed by atoms with van der Waals surface area (Å²) in [6.07, 6.45) is 1.50. The molecule has 2 heterocycles. The molecule has 1 atom stereocenters. The number of alkyl halides is 1. The van der Waals surface area contributed by atoms with Gasteiger partial charge in [-0.1, -0.05) is 15.9 Å². The van der Waals surface area contributed by atoms with Crippen LogP contribution < -0.4 is 0 Å². The first-order valence-corrected chi connectivity index (χ1v) is 5.64. The van der Waals surface area contributed by atoms with Gasteiger partial charge in [0.05, 0.1) is 17.7 Å². The minimum Gasteiger partial charge on any atom is -0.217 e. The lowest BCUT2D eigenvalue weighted by molar-refractivity contribution is 0.822. The zero-order valence-corrected chi connectivity index (χ0v) is 9.77. The third kappa shape index (κ3) is 1.73. The molecule has 0 amide bonds. The van der Waals surface area contributed by atoms with Gasteiger partial charge >= 0.3 is 0 Å². The maximum Gasteiger partial charge on any atom is 0.155 e. The molecule has 0 bridgehead atoms. The van der Waals surface area contributed by atoms with Gasteiger partial charge in [-0.05, 0) is 24.6 Å². The zero-order chi connectivity index (χ0) is 10.8. The molecule has 0 saturated heterocycles. The Morgan fingerprint density at radius 3 is 3.07 bits per heavy atom. The number of pyridine rings is 1. The highest BCUT2D eigenvalue weighted by Gasteiger charge is 2.14. The maximum atomic E-state index is 9.03. The molecule has 2 aromatic heterocycles. The van der Waals surface area contributed by atoms with E-state index in [0.717, 1.165) is 16.9 Å². The number of hydrogen-bond acceptors (Lipinski definition) is 3. The molecule has 0 saturated carbocycles. The number of aryl methyl sites for hydroxylation is 1. The Morgan fingerprint density at radius 2 is 2.40 bits per heavy atom. The summed E-state index contributed by atoms with van der Waals surface area (Å²) in [5.74, 6) is -0.200. The van der Waals surface area contributed by atoms with Crippen LogP contribution in [0.5, 0.6) is 0 Å². The molecule has 5 heteroatoms. The first kappa shape index (κ1) is 10.1. The minimum absolute atomic E-state index is 0.200. The lowest BCUT2D eigenvalue weighted by atomic mass is 10.1. The molecule has 0 N–H and O–H groups in total. The van der Waals surface area contributed by atoms with Crippen LogP contribution >= 0.6 is 15.9 Å². The van der Waals surface area contributed by atoms with Crippen molar-refractivity contribution in [2.75, 3.05) is 5.33 Å². The van der Waals surface area contributed by atoms with Gasteiger partial charge in [0.2, 0.25) is 0 Å². The molecule has 76 valence electrons. The van der Waals surface area contributed by atoms with E-state index in [4.69, 9.17) is 5.26 Å². The summed E-state index contributed by atoms with van der Waals surface area (Å²) in [5, 5.41) is 13.7. The highest BCUT2D eigenvalue weighted by molar-refractivity contribution is 9.09. The largest absolute Gasteiger partial charge is 0.217 e. The first-order chi connectivity index (χ1) is 7.26. The summed E-state index contributed by atoms with van der Waals surface area (Å²) in [7, 11) is 0. The van der Waals surface area contributed by atoms with E-state index in [0.29, 0.717) is 5.33 Å². The number of rotatable bonds is 2. The van der Waals surface area contributed by atoms with Gasteiger partial charge in [-0.25, -0.2) is 9.50 Å². The van der Waals surface area contributed by atoms with Crippen LogP contribution in [0, 0.1) is 18.3 Å². The Bertz CT molecular complexity index is 526. The van der Waals surface area contributed by atoms with E-state index < -0.39 is 0 Å². The second-order valence-electron chi connectivity index (χ2n) is 3.32. The molecular weight excluding hydrogens is 256 g/mol. The second-order valence-corrected chi connectivity index (χ2v) is 3.97. The standard InChI is InChI=1S/C10H9BrN4/c1-7-2-9(8(4-11)5-12)15-10(3-7)13-6-14-15/h2-3,6,8H,4H2,1H3. The summed E-state index contributed by atoms with van der Waals surface area (Å²) in [5.41, 5.74) is 2.75. The number of hydrogen-bond donors (Lipinski definition) is 0. The van der Waals surface area contributed by atoms with Crippen molar-refractivity contribution in [2.45, 2.75) is 12.8 Å². The van der Waals surface area contributed by atoms with Crippen LogP contribution in [-0.4, -0.2) is 19.9 Å². The Hall–Kier alpha value is -1.41. The highest BCUT2D eigenvalue weighted by Crippen LogP contribution is 2.19. The molecule has 2 aromatic rings. The first-order valence-electron chi connectivity index (χ1n) is 4.52. The molecule has 0 spiro atoms. The van der Waals surface area contributed by atoms with Crippen molar-refractivity contribution in [2.24, 2.45) is 0 Å². The molecule has 0 aliphatic heterocycles. The van der Waals surface area contributed by atoms with Gasteiger partial charge in [-0.15, -0.1) is 0 Å². The van der Waals surface area contributed by atoms with Crippen LogP contribution in [0.15, 0.2) is 18.5 Å². The van der Waals surface area contributed by atoms with Crippen LogP contribution in [0.4, 0.5) is 0 Å². The van der Waals surface area contributed by atoms with Gasteiger partial charge in [0.1, 0.15) is 6.33 Å². The molecule has 1 unspecified atom stereocenters. The van der Waals surface area contributed by atoms with Crippen molar-refractivity contribution >= 4 is 21.6 Å². The van der Waals surface area contributed by atoms with Gasteiger partial charge in [0.15, 0.2) is 5.65 Å². The van der Waals surface area contributed by atoms with E-state index in [9.17, 15) is 0 Å². The Morgan fingerprint density at radius 1 is 1.60 bits per heavy atom. The van der Waals surface area contributed by atoms with Crippen LogP contribution in [0.2, 0.25) is 0 Å². The van der Waals surface area contributed by atoms with Crippen molar-refractivity contribution < 1.29 is 0 Å². The third-order valence-electron chi connectivity index (χ3n) is 2.22. The lowest BCUT2D eigenvalue weighted by Crippen LogP contribution is -2.06. The number of halogens is 1. The van der Waals surface area contributed by atoms with Crippen molar-refractivity contribution in [3.05, 3.63) is 29.7 Å². The fourth-order valence-corrected chi connectivity index (χ4v) is 1.99. The number of aromatic nitrogens is 3. The quantitative estimate of drug-likeness (QED) is 0.781. The zero-order valence-electron chi connectivity index (χ0n) is 8.18. The van der Waals surface area contributed by atoms with Crippen LogP contribution in [0.25, 0.3) is 5.65 Å². The minimum atomic E-state index is -0.200. The smallest absolute Gasteiger partial charge is 0.155 e. The average Bonchev–Trinajstić information content (AvgIpc) is 2.67. The van der Waals surface area contributed by atoms with Gasteiger partial charge in [-0.3, -0.25) is 0 Å². The third-order valence-corrected chi connectivity index (χ3v) is 2.87. The summed E-state index contributed by atoms with van der Waals surface area (Å²) in [6, 6.07) is 6.15. The number of nitriles is 1. The van der Waals surface area contributed by atoms with E-state index in [1.165, 1.54) is 6.33 Å². The molecule has 0 aromatic carbocycles. The summed E-state index contributed by atoms with van der Waals surface area (Å²) in [4.78, 5) is 4.12. The van der Waals surface area contributed by atoms with Crippen molar-refractivity contribution in [3.63, 3.8) is 0 Å². The van der Waals surface area contributed by atoms with Crippen molar-refractivity contribution in [1.29, 1.82) is 5.26 Å². The monoisotopic (exact) mass is 264 g/mol. The normalized spacial score (nSPS) is 12.6. The van der Waals surface area contributed by atoms with Crippen LogP contribution in [-0.2, 0) is 0 Å². The molecule has 4 nitrogen and oxygen atoms in total. The number of nitrogens with zero attached hydrogens (tertiary/aromatic N) is 4. The van der Waals surface area contributed by atoms with E-state index in [2.05, 4.69) is 32.1 Å². The van der Waals surface area contributed by atoms with E-state index in [1.807, 2.05) is 19.1 Å². The predicted molar refractivity (Wildman–Crippen MR) is 59.9 cm³/mol. The summed E-state index contributed by atoms with van der Waals surface area (Å²) in [6.45, 7) is 1.99. The molecule has 0 fully saturated rings. The molecule has 2 rings (SSSR count). The molecular formula is C10H9BrN4. The average molecular weight is 265 g/mol. The Balaban J connectivity index is 2.68. The van der Waals surface area contributed by atoms with Gasteiger partial charge in [0.25, 0.3) is 0 Å². The van der Waals surface area contributed by atoms with Crippen LogP contribution in [0.3, 0.4) is 0 Å². The topological polar surface area (TPSA) is 54.0 Å². The van der Waals surface area contributed by atoms with Crippen molar-refractivity contribution in [1.82, 2.24) is 14.6 Å². The Kier molecular flexibility index (Phi) is 2.69. The van der Waals surface area contributed by atoms with Gasteiger partial charge < -0.3 is 0 Å². The Labute approximate surface area is 95.7 Å². The molecule has 0 radical (unpaired) electrons. The predicted octanol–water partition coefficient (Wildman–Crippen LogP) is 2.04. The molecule has 0 aliphatic rings. The lowest BCUT2D eigenvalue weighted by Gasteiger charge is -2.08. The molecule has 15 heavy (non-hydrogen) atoms. The van der Waals surface area contributed by atoms with Crippen molar-refractivity contribution in [3.8, 4) is 6.07 Å².